The maximum Gasteiger partial charge on any atom is 0.134 e. The van der Waals surface area contributed by atoms with Crippen molar-refractivity contribution in [2.45, 2.75) is 45.6 Å². The van der Waals surface area contributed by atoms with Gasteiger partial charge in [-0.25, -0.2) is 0 Å². The van der Waals surface area contributed by atoms with Gasteiger partial charge in [0, 0.05) is 17.5 Å². The highest BCUT2D eigenvalue weighted by atomic mass is 16.3. The lowest BCUT2D eigenvalue weighted by molar-refractivity contribution is 0.275. The molecule has 1 heterocycles. The first-order valence-electron chi connectivity index (χ1n) is 7.99. The van der Waals surface area contributed by atoms with Crippen LogP contribution < -0.4 is 5.32 Å². The van der Waals surface area contributed by atoms with Crippen molar-refractivity contribution in [3.05, 3.63) is 36.1 Å². The van der Waals surface area contributed by atoms with E-state index in [-0.39, 0.29) is 0 Å². The molecule has 0 radical (unpaired) electrons. The van der Waals surface area contributed by atoms with Gasteiger partial charge in [-0.1, -0.05) is 50.8 Å². The number of hydrogen-bond acceptors (Lipinski definition) is 2. The molecule has 0 saturated heterocycles. The molecule has 2 heteroatoms. The first-order valence-corrected chi connectivity index (χ1v) is 7.99. The number of nitrogens with one attached hydrogen (secondary N) is 1. The summed E-state index contributed by atoms with van der Waals surface area (Å²) in [6, 6.07) is 8.26. The summed E-state index contributed by atoms with van der Waals surface area (Å²) in [6.07, 6.45) is 8.92. The Kier molecular flexibility index (Phi) is 4.41. The molecule has 1 fully saturated rings. The molecule has 1 aliphatic carbocycles. The van der Waals surface area contributed by atoms with Gasteiger partial charge >= 0.3 is 0 Å². The zero-order chi connectivity index (χ0) is 13.8. The standard InChI is InChI=1S/C18H25NO/c1-14-6-8-15(9-7-14)10-11-19-12-16-13-20-18-5-3-2-4-17(16)18/h2-5,13-15,19H,6-12H2,1H3. The van der Waals surface area contributed by atoms with Crippen LogP contribution in [0.3, 0.4) is 0 Å². The van der Waals surface area contributed by atoms with Crippen molar-refractivity contribution in [3.63, 3.8) is 0 Å². The Balaban J connectivity index is 1.44. The van der Waals surface area contributed by atoms with Gasteiger partial charge < -0.3 is 9.73 Å². The summed E-state index contributed by atoms with van der Waals surface area (Å²) in [7, 11) is 0. The van der Waals surface area contributed by atoms with Crippen molar-refractivity contribution in [1.82, 2.24) is 5.32 Å². The molecule has 2 aromatic rings. The maximum atomic E-state index is 5.57. The lowest BCUT2D eigenvalue weighted by Gasteiger charge is -2.26. The van der Waals surface area contributed by atoms with Gasteiger partial charge in [0.25, 0.3) is 0 Å². The van der Waals surface area contributed by atoms with Crippen LogP contribution in [-0.4, -0.2) is 6.54 Å². The number of hydrogen-bond donors (Lipinski definition) is 1. The van der Waals surface area contributed by atoms with Gasteiger partial charge in [-0.3, -0.25) is 0 Å². The SMILES string of the molecule is CC1CCC(CCNCc2coc3ccccc23)CC1. The Morgan fingerprint density at radius 2 is 1.95 bits per heavy atom. The van der Waals surface area contributed by atoms with Crippen molar-refractivity contribution >= 4 is 11.0 Å². The van der Waals surface area contributed by atoms with E-state index in [1.165, 1.54) is 43.1 Å². The van der Waals surface area contributed by atoms with Crippen molar-refractivity contribution in [3.8, 4) is 0 Å². The molecule has 1 aliphatic rings. The van der Waals surface area contributed by atoms with Crippen LogP contribution >= 0.6 is 0 Å². The van der Waals surface area contributed by atoms with E-state index >= 15 is 0 Å². The summed E-state index contributed by atoms with van der Waals surface area (Å²) in [5.41, 5.74) is 2.27. The van der Waals surface area contributed by atoms with Crippen LogP contribution in [0.5, 0.6) is 0 Å². The van der Waals surface area contributed by atoms with Crippen LogP contribution in [0.25, 0.3) is 11.0 Å². The second-order valence-corrected chi connectivity index (χ2v) is 6.35. The topological polar surface area (TPSA) is 25.2 Å². The van der Waals surface area contributed by atoms with E-state index in [2.05, 4.69) is 24.4 Å². The van der Waals surface area contributed by atoms with Crippen LogP contribution in [0.1, 0.15) is 44.6 Å². The first kappa shape index (κ1) is 13.7. The van der Waals surface area contributed by atoms with Crippen LogP contribution in [0.15, 0.2) is 34.9 Å². The lowest BCUT2D eigenvalue weighted by Crippen LogP contribution is -2.20. The summed E-state index contributed by atoms with van der Waals surface area (Å²) in [4.78, 5) is 0. The van der Waals surface area contributed by atoms with E-state index in [4.69, 9.17) is 4.42 Å². The number of fused-ring (bicyclic) bond motifs is 1. The molecule has 0 aliphatic heterocycles. The van der Waals surface area contributed by atoms with Gasteiger partial charge in [-0.15, -0.1) is 0 Å². The molecule has 1 aromatic carbocycles. The van der Waals surface area contributed by atoms with Crippen LogP contribution in [-0.2, 0) is 6.54 Å². The Morgan fingerprint density at radius 3 is 2.80 bits per heavy atom. The first-order chi connectivity index (χ1) is 9.83. The molecule has 0 unspecified atom stereocenters. The highest BCUT2D eigenvalue weighted by Gasteiger charge is 2.17. The smallest absolute Gasteiger partial charge is 0.134 e. The number of furan rings is 1. The third-order valence-electron chi connectivity index (χ3n) is 4.74. The molecule has 1 saturated carbocycles. The van der Waals surface area contributed by atoms with Crippen LogP contribution in [0.4, 0.5) is 0 Å². The summed E-state index contributed by atoms with van der Waals surface area (Å²) in [6.45, 7) is 4.43. The maximum absolute atomic E-state index is 5.57. The van der Waals surface area contributed by atoms with Gasteiger partial charge in [0.2, 0.25) is 0 Å². The average molecular weight is 271 g/mol. The van der Waals surface area contributed by atoms with Crippen molar-refractivity contribution < 1.29 is 4.42 Å². The molecule has 0 amide bonds. The molecule has 20 heavy (non-hydrogen) atoms. The Hall–Kier alpha value is -1.28. The molecule has 0 atom stereocenters. The molecular formula is C18H25NO. The summed E-state index contributed by atoms with van der Waals surface area (Å²) in [5, 5.41) is 4.82. The number of benzene rings is 1. The van der Waals surface area contributed by atoms with E-state index in [0.717, 1.165) is 30.5 Å². The third kappa shape index (κ3) is 3.24. The summed E-state index contributed by atoms with van der Waals surface area (Å²) < 4.78 is 5.57. The van der Waals surface area contributed by atoms with E-state index < -0.39 is 0 Å². The van der Waals surface area contributed by atoms with E-state index in [1.807, 2.05) is 18.4 Å². The molecule has 0 bridgehead atoms. The monoisotopic (exact) mass is 271 g/mol. The predicted octanol–water partition coefficient (Wildman–Crippen LogP) is 4.74. The van der Waals surface area contributed by atoms with E-state index in [1.54, 1.807) is 0 Å². The predicted molar refractivity (Wildman–Crippen MR) is 83.7 cm³/mol. The zero-order valence-electron chi connectivity index (χ0n) is 12.4. The minimum Gasteiger partial charge on any atom is -0.464 e. The molecule has 1 N–H and O–H groups in total. The molecule has 0 spiro atoms. The van der Waals surface area contributed by atoms with Gasteiger partial charge in [0.15, 0.2) is 0 Å². The molecule has 108 valence electrons. The average Bonchev–Trinajstić information content (AvgIpc) is 2.89. The number of rotatable bonds is 5. The van der Waals surface area contributed by atoms with Crippen LogP contribution in [0.2, 0.25) is 0 Å². The number of para-hydroxylation sites is 1. The van der Waals surface area contributed by atoms with Crippen LogP contribution in [0, 0.1) is 11.8 Å². The van der Waals surface area contributed by atoms with Gasteiger partial charge in [0.1, 0.15) is 5.58 Å². The van der Waals surface area contributed by atoms with E-state index in [9.17, 15) is 0 Å². The molecule has 3 rings (SSSR count). The Bertz CT molecular complexity index is 537. The molecular weight excluding hydrogens is 246 g/mol. The minimum atomic E-state index is 0.917. The van der Waals surface area contributed by atoms with Gasteiger partial charge in [-0.2, -0.15) is 0 Å². The Morgan fingerprint density at radius 1 is 1.15 bits per heavy atom. The second-order valence-electron chi connectivity index (χ2n) is 6.35. The van der Waals surface area contributed by atoms with E-state index in [0.29, 0.717) is 0 Å². The fourth-order valence-corrected chi connectivity index (χ4v) is 3.32. The van der Waals surface area contributed by atoms with Crippen molar-refractivity contribution in [2.75, 3.05) is 6.54 Å². The lowest BCUT2D eigenvalue weighted by atomic mass is 9.81. The summed E-state index contributed by atoms with van der Waals surface area (Å²) >= 11 is 0. The largest absolute Gasteiger partial charge is 0.464 e. The van der Waals surface area contributed by atoms with Gasteiger partial charge in [-0.05, 0) is 30.9 Å². The normalized spacial score (nSPS) is 23.2. The molecule has 1 aromatic heterocycles. The highest BCUT2D eigenvalue weighted by molar-refractivity contribution is 5.80. The van der Waals surface area contributed by atoms with Gasteiger partial charge in [0.05, 0.1) is 6.26 Å². The van der Waals surface area contributed by atoms with Crippen molar-refractivity contribution in [2.24, 2.45) is 11.8 Å². The van der Waals surface area contributed by atoms with Crippen molar-refractivity contribution in [1.29, 1.82) is 0 Å². The summed E-state index contributed by atoms with van der Waals surface area (Å²) in [5.74, 6) is 1.90. The fourth-order valence-electron chi connectivity index (χ4n) is 3.32. The quantitative estimate of drug-likeness (QED) is 0.795. The second kappa shape index (κ2) is 6.45. The zero-order valence-corrected chi connectivity index (χ0v) is 12.4. The third-order valence-corrected chi connectivity index (χ3v) is 4.74. The molecule has 2 nitrogen and oxygen atoms in total. The highest BCUT2D eigenvalue weighted by Crippen LogP contribution is 2.30. The Labute approximate surface area is 121 Å². The fraction of sp³-hybridized carbons (Fsp3) is 0.556. The minimum absolute atomic E-state index is 0.917.